The Hall–Kier alpha value is -2.19. The van der Waals surface area contributed by atoms with Crippen LogP contribution in [0, 0.1) is 4.77 Å². The van der Waals surface area contributed by atoms with Gasteiger partial charge in [-0.05, 0) is 36.8 Å². The topological polar surface area (TPSA) is 81.5 Å². The Morgan fingerprint density at radius 3 is 2.95 bits per heavy atom. The van der Waals surface area contributed by atoms with Gasteiger partial charge >= 0.3 is 0 Å². The molecule has 0 aliphatic rings. The van der Waals surface area contributed by atoms with Gasteiger partial charge in [0, 0.05) is 0 Å². The van der Waals surface area contributed by atoms with E-state index in [0.29, 0.717) is 28.7 Å². The molecule has 2 rings (SSSR count). The fourth-order valence-electron chi connectivity index (χ4n) is 1.68. The minimum atomic E-state index is -0.441. The number of aromatic nitrogens is 3. The molecule has 9 heteroatoms. The Bertz CT molecular complexity index is 787. The third kappa shape index (κ3) is 3.52. The summed E-state index contributed by atoms with van der Waals surface area (Å²) in [7, 11) is 1.51. The van der Waals surface area contributed by atoms with Crippen LogP contribution in [0.15, 0.2) is 28.2 Å². The lowest BCUT2D eigenvalue weighted by Crippen LogP contribution is -2.18. The van der Waals surface area contributed by atoms with Gasteiger partial charge < -0.3 is 9.47 Å². The lowest BCUT2D eigenvalue weighted by atomic mass is 10.2. The molecule has 0 bridgehead atoms. The van der Waals surface area contributed by atoms with Gasteiger partial charge in [0.05, 0.1) is 25.0 Å². The lowest BCUT2D eigenvalue weighted by molar-refractivity contribution is 0.311. The summed E-state index contributed by atoms with van der Waals surface area (Å²) in [5.41, 5.74) is 0.187. The predicted molar refractivity (Wildman–Crippen MR) is 85.8 cm³/mol. The summed E-state index contributed by atoms with van der Waals surface area (Å²) in [4.78, 5) is 11.6. The maximum atomic E-state index is 11.6. The van der Waals surface area contributed by atoms with Gasteiger partial charge in [0.1, 0.15) is 6.20 Å². The highest BCUT2D eigenvalue weighted by Crippen LogP contribution is 2.35. The van der Waals surface area contributed by atoms with Crippen molar-refractivity contribution in [2.45, 2.75) is 6.92 Å². The molecule has 1 aromatic heterocycles. The predicted octanol–water partition coefficient (Wildman–Crippen LogP) is 2.24. The minimum Gasteiger partial charge on any atom is -0.493 e. The Labute approximate surface area is 136 Å². The van der Waals surface area contributed by atoms with Gasteiger partial charge in [0.2, 0.25) is 4.77 Å². The Balaban J connectivity index is 2.42. The number of halogens is 1. The third-order valence-corrected chi connectivity index (χ3v) is 3.14. The van der Waals surface area contributed by atoms with Crippen molar-refractivity contribution in [3.63, 3.8) is 0 Å². The zero-order valence-corrected chi connectivity index (χ0v) is 13.4. The fourth-order valence-corrected chi connectivity index (χ4v) is 2.14. The van der Waals surface area contributed by atoms with Crippen LogP contribution in [0.25, 0.3) is 0 Å². The molecule has 1 N–H and O–H groups in total. The first-order valence-electron chi connectivity index (χ1n) is 6.28. The fraction of sp³-hybridized carbons (Fsp3) is 0.231. The number of methoxy groups -OCH3 is 1. The first kappa shape index (κ1) is 16.2. The van der Waals surface area contributed by atoms with Gasteiger partial charge in [-0.2, -0.15) is 14.9 Å². The summed E-state index contributed by atoms with van der Waals surface area (Å²) in [6.45, 7) is 2.31. The number of nitrogens with one attached hydrogen (secondary N) is 1. The number of rotatable bonds is 5. The van der Waals surface area contributed by atoms with Crippen LogP contribution >= 0.6 is 23.8 Å². The molecular weight excluding hydrogens is 328 g/mol. The molecule has 0 saturated carbocycles. The third-order valence-electron chi connectivity index (χ3n) is 2.60. The number of benzene rings is 1. The van der Waals surface area contributed by atoms with E-state index in [9.17, 15) is 4.79 Å². The monoisotopic (exact) mass is 340 g/mol. The first-order chi connectivity index (χ1) is 10.6. The zero-order valence-electron chi connectivity index (χ0n) is 11.9. The number of aromatic amines is 1. The van der Waals surface area contributed by atoms with Crippen molar-refractivity contribution in [3.8, 4) is 11.5 Å². The van der Waals surface area contributed by atoms with E-state index in [1.165, 1.54) is 13.3 Å². The molecule has 0 unspecified atom stereocenters. The minimum absolute atomic E-state index is 0.0905. The second-order valence-electron chi connectivity index (χ2n) is 4.04. The van der Waals surface area contributed by atoms with Crippen LogP contribution in [-0.2, 0) is 0 Å². The summed E-state index contributed by atoms with van der Waals surface area (Å²) in [5.74, 6) is 0.935. The molecule has 0 atom stereocenters. The highest BCUT2D eigenvalue weighted by Gasteiger charge is 2.10. The Morgan fingerprint density at radius 1 is 1.55 bits per heavy atom. The van der Waals surface area contributed by atoms with Gasteiger partial charge in [0.25, 0.3) is 5.56 Å². The van der Waals surface area contributed by atoms with E-state index in [2.05, 4.69) is 15.3 Å². The average Bonchev–Trinajstić information content (AvgIpc) is 2.49. The molecule has 116 valence electrons. The number of H-pyrrole nitrogens is 1. The van der Waals surface area contributed by atoms with E-state index >= 15 is 0 Å². The Morgan fingerprint density at radius 2 is 2.32 bits per heavy atom. The molecule has 0 radical (unpaired) electrons. The van der Waals surface area contributed by atoms with E-state index in [1.54, 1.807) is 12.1 Å². The number of ether oxygens (including phenoxy) is 2. The van der Waals surface area contributed by atoms with Crippen molar-refractivity contribution in [2.24, 2.45) is 5.10 Å². The highest BCUT2D eigenvalue weighted by atomic mass is 35.5. The summed E-state index contributed by atoms with van der Waals surface area (Å²) in [5, 5.41) is 10.5. The molecule has 0 spiro atoms. The summed E-state index contributed by atoms with van der Waals surface area (Å²) in [6, 6.07) is 3.34. The second-order valence-corrected chi connectivity index (χ2v) is 4.83. The van der Waals surface area contributed by atoms with Gasteiger partial charge in [-0.3, -0.25) is 9.89 Å². The van der Waals surface area contributed by atoms with Crippen LogP contribution in [0.4, 0.5) is 0 Å². The van der Waals surface area contributed by atoms with Crippen LogP contribution in [0.5, 0.6) is 11.5 Å². The number of nitrogens with zero attached hydrogens (tertiary/aromatic N) is 3. The molecule has 1 aromatic carbocycles. The normalized spacial score (nSPS) is 10.9. The number of hydrogen-bond donors (Lipinski definition) is 1. The quantitative estimate of drug-likeness (QED) is 0.667. The molecule has 7 nitrogen and oxygen atoms in total. The molecule has 0 fully saturated rings. The first-order valence-corrected chi connectivity index (χ1v) is 7.06. The van der Waals surface area contributed by atoms with Crippen molar-refractivity contribution < 1.29 is 9.47 Å². The van der Waals surface area contributed by atoms with Crippen molar-refractivity contribution in [3.05, 3.63) is 44.0 Å². The van der Waals surface area contributed by atoms with E-state index in [1.807, 2.05) is 6.92 Å². The largest absolute Gasteiger partial charge is 0.493 e. The molecule has 2 aromatic rings. The molecule has 0 saturated heterocycles. The van der Waals surface area contributed by atoms with Crippen LogP contribution in [0.3, 0.4) is 0 Å². The van der Waals surface area contributed by atoms with Gasteiger partial charge in [-0.15, -0.1) is 0 Å². The smallest absolute Gasteiger partial charge is 0.293 e. The molecule has 0 aliphatic carbocycles. The zero-order chi connectivity index (χ0) is 16.1. The van der Waals surface area contributed by atoms with E-state index in [-0.39, 0.29) is 4.77 Å². The maximum absolute atomic E-state index is 11.6. The van der Waals surface area contributed by atoms with Crippen molar-refractivity contribution in [1.82, 2.24) is 14.9 Å². The maximum Gasteiger partial charge on any atom is 0.293 e. The summed E-state index contributed by atoms with van der Waals surface area (Å²) >= 11 is 11.1. The Kier molecular flexibility index (Phi) is 5.29. The lowest BCUT2D eigenvalue weighted by Gasteiger charge is -2.11. The molecular formula is C13H13ClN4O3S. The van der Waals surface area contributed by atoms with Crippen LogP contribution < -0.4 is 15.0 Å². The van der Waals surface area contributed by atoms with Gasteiger partial charge in [-0.25, -0.2) is 0 Å². The standard InChI is InChI=1S/C13H13ClN4O3S/c1-3-21-12-9(14)4-8(5-10(12)20-2)6-16-18-11(19)7-15-17-13(18)22/h4-7H,3H2,1-2H3,(H,17,22)/b16-6-. The van der Waals surface area contributed by atoms with Crippen LogP contribution in [-0.4, -0.2) is 34.8 Å². The van der Waals surface area contributed by atoms with Crippen LogP contribution in [0.2, 0.25) is 5.02 Å². The van der Waals surface area contributed by atoms with Crippen molar-refractivity contribution >= 4 is 30.0 Å². The summed E-state index contributed by atoms with van der Waals surface area (Å²) in [6.07, 6.45) is 2.52. The van der Waals surface area contributed by atoms with E-state index < -0.39 is 5.56 Å². The van der Waals surface area contributed by atoms with Gasteiger partial charge in [-0.1, -0.05) is 11.6 Å². The number of hydrogen-bond acceptors (Lipinski definition) is 6. The molecule has 22 heavy (non-hydrogen) atoms. The SMILES string of the molecule is CCOc1c(Cl)cc(/C=N\n2c(=O)cn[nH]c2=S)cc1OC. The van der Waals surface area contributed by atoms with E-state index in [0.717, 1.165) is 10.9 Å². The average molecular weight is 341 g/mol. The molecule has 0 amide bonds. The second kappa shape index (κ2) is 7.19. The van der Waals surface area contributed by atoms with Crippen LogP contribution in [0.1, 0.15) is 12.5 Å². The molecule has 0 aliphatic heterocycles. The summed E-state index contributed by atoms with van der Waals surface area (Å²) < 4.78 is 11.8. The van der Waals surface area contributed by atoms with Crippen molar-refractivity contribution in [1.29, 1.82) is 0 Å². The molecule has 1 heterocycles. The van der Waals surface area contributed by atoms with Gasteiger partial charge in [0.15, 0.2) is 11.5 Å². The van der Waals surface area contributed by atoms with E-state index in [4.69, 9.17) is 33.3 Å². The van der Waals surface area contributed by atoms with Crippen molar-refractivity contribution in [2.75, 3.05) is 13.7 Å². The highest BCUT2D eigenvalue weighted by molar-refractivity contribution is 7.71.